The summed E-state index contributed by atoms with van der Waals surface area (Å²) in [5.41, 5.74) is 1.37. The van der Waals surface area contributed by atoms with Crippen LogP contribution < -0.4 is 10.2 Å². The molecule has 2 heterocycles. The van der Waals surface area contributed by atoms with Crippen molar-refractivity contribution >= 4 is 23.2 Å². The molecule has 1 saturated heterocycles. The highest BCUT2D eigenvalue weighted by Gasteiger charge is 2.26. The van der Waals surface area contributed by atoms with Crippen LogP contribution in [0.15, 0.2) is 48.7 Å². The van der Waals surface area contributed by atoms with E-state index >= 15 is 0 Å². The molecule has 1 aromatic carbocycles. The molecule has 0 aliphatic carbocycles. The lowest BCUT2D eigenvalue weighted by atomic mass is 10.0. The summed E-state index contributed by atoms with van der Waals surface area (Å²) in [4.78, 5) is 32.7. The van der Waals surface area contributed by atoms with Crippen LogP contribution in [0.3, 0.4) is 0 Å². The van der Waals surface area contributed by atoms with Crippen molar-refractivity contribution in [3.05, 3.63) is 54.2 Å². The molecule has 0 radical (unpaired) electrons. The Morgan fingerprint density at radius 1 is 1.04 bits per heavy atom. The quantitative estimate of drug-likeness (QED) is 0.837. The Hall–Kier alpha value is -2.73. The molecule has 1 fully saturated rings. The van der Waals surface area contributed by atoms with Crippen LogP contribution in [0.2, 0.25) is 0 Å². The normalized spacial score (nSPS) is 16.2. The molecule has 1 unspecified atom stereocenters. The van der Waals surface area contributed by atoms with Gasteiger partial charge in [0.15, 0.2) is 5.78 Å². The molecule has 26 heavy (non-hydrogen) atoms. The maximum absolute atomic E-state index is 12.8. The standard InChI is InChI=1S/C20H24N4O2/c1-15(20(26)17-6-8-18(9-7-17)22-16(2)25)23-11-13-24(14-12-23)19-5-3-4-10-21-19/h3-10,15H,11-14H2,1-2H3,(H,22,25). The van der Waals surface area contributed by atoms with Gasteiger partial charge in [0.25, 0.3) is 0 Å². The minimum Gasteiger partial charge on any atom is -0.354 e. The summed E-state index contributed by atoms with van der Waals surface area (Å²) in [7, 11) is 0. The van der Waals surface area contributed by atoms with Crippen LogP contribution in [-0.4, -0.2) is 53.8 Å². The van der Waals surface area contributed by atoms with Gasteiger partial charge in [-0.05, 0) is 43.3 Å². The summed E-state index contributed by atoms with van der Waals surface area (Å²) in [6.07, 6.45) is 1.80. The lowest BCUT2D eigenvalue weighted by molar-refractivity contribution is -0.114. The predicted molar refractivity (Wildman–Crippen MR) is 103 cm³/mol. The van der Waals surface area contributed by atoms with Crippen LogP contribution in [0.5, 0.6) is 0 Å². The summed E-state index contributed by atoms with van der Waals surface area (Å²) in [6, 6.07) is 12.8. The Kier molecular flexibility index (Phi) is 5.63. The fourth-order valence-corrected chi connectivity index (χ4v) is 3.21. The molecule has 1 aliphatic heterocycles. The Morgan fingerprint density at radius 2 is 1.73 bits per heavy atom. The van der Waals surface area contributed by atoms with E-state index in [1.54, 1.807) is 30.5 Å². The van der Waals surface area contributed by atoms with Gasteiger partial charge in [0.1, 0.15) is 5.82 Å². The molecular formula is C20H24N4O2. The Labute approximate surface area is 153 Å². The molecular weight excluding hydrogens is 328 g/mol. The van der Waals surface area contributed by atoms with Crippen molar-refractivity contribution in [2.45, 2.75) is 19.9 Å². The van der Waals surface area contributed by atoms with E-state index in [1.807, 2.05) is 25.1 Å². The van der Waals surface area contributed by atoms with E-state index in [1.165, 1.54) is 6.92 Å². The van der Waals surface area contributed by atoms with Gasteiger partial charge in [-0.15, -0.1) is 0 Å². The molecule has 1 amide bonds. The van der Waals surface area contributed by atoms with Crippen molar-refractivity contribution < 1.29 is 9.59 Å². The lowest BCUT2D eigenvalue weighted by Gasteiger charge is -2.38. The zero-order chi connectivity index (χ0) is 18.5. The summed E-state index contributed by atoms with van der Waals surface area (Å²) in [5.74, 6) is 0.966. The largest absolute Gasteiger partial charge is 0.354 e. The van der Waals surface area contributed by atoms with Gasteiger partial charge in [0, 0.05) is 50.6 Å². The maximum Gasteiger partial charge on any atom is 0.221 e. The van der Waals surface area contributed by atoms with E-state index in [4.69, 9.17) is 0 Å². The van der Waals surface area contributed by atoms with E-state index in [2.05, 4.69) is 20.1 Å². The first-order valence-corrected chi connectivity index (χ1v) is 8.86. The Bertz CT molecular complexity index is 753. The highest BCUT2D eigenvalue weighted by molar-refractivity contribution is 6.00. The zero-order valence-corrected chi connectivity index (χ0v) is 15.2. The van der Waals surface area contributed by atoms with Crippen molar-refractivity contribution in [3.8, 4) is 0 Å². The number of aromatic nitrogens is 1. The number of nitrogens with zero attached hydrogens (tertiary/aromatic N) is 3. The van der Waals surface area contributed by atoms with Gasteiger partial charge in [-0.1, -0.05) is 6.07 Å². The third-order valence-electron chi connectivity index (χ3n) is 4.70. The number of pyridine rings is 1. The number of nitrogens with one attached hydrogen (secondary N) is 1. The molecule has 6 nitrogen and oxygen atoms in total. The number of carbonyl (C=O) groups excluding carboxylic acids is 2. The fourth-order valence-electron chi connectivity index (χ4n) is 3.21. The van der Waals surface area contributed by atoms with E-state index in [-0.39, 0.29) is 17.7 Å². The van der Waals surface area contributed by atoms with Gasteiger partial charge in [-0.3, -0.25) is 14.5 Å². The smallest absolute Gasteiger partial charge is 0.221 e. The monoisotopic (exact) mass is 352 g/mol. The highest BCUT2D eigenvalue weighted by atomic mass is 16.1. The van der Waals surface area contributed by atoms with Crippen molar-refractivity contribution in [1.29, 1.82) is 0 Å². The van der Waals surface area contributed by atoms with Gasteiger partial charge >= 0.3 is 0 Å². The molecule has 6 heteroatoms. The average Bonchev–Trinajstić information content (AvgIpc) is 2.68. The molecule has 0 spiro atoms. The number of ketones is 1. The van der Waals surface area contributed by atoms with E-state index in [9.17, 15) is 9.59 Å². The zero-order valence-electron chi connectivity index (χ0n) is 15.2. The highest BCUT2D eigenvalue weighted by Crippen LogP contribution is 2.17. The van der Waals surface area contributed by atoms with Crippen LogP contribution in [0.25, 0.3) is 0 Å². The second-order valence-corrected chi connectivity index (χ2v) is 6.51. The number of piperazine rings is 1. The lowest BCUT2D eigenvalue weighted by Crippen LogP contribution is -2.52. The molecule has 3 rings (SSSR count). The molecule has 1 aromatic heterocycles. The van der Waals surface area contributed by atoms with Gasteiger partial charge in [0.2, 0.25) is 5.91 Å². The number of benzene rings is 1. The van der Waals surface area contributed by atoms with Gasteiger partial charge in [-0.2, -0.15) is 0 Å². The second kappa shape index (κ2) is 8.10. The maximum atomic E-state index is 12.8. The minimum absolute atomic E-state index is 0.102. The number of anilines is 2. The Balaban J connectivity index is 1.58. The first-order valence-electron chi connectivity index (χ1n) is 8.86. The van der Waals surface area contributed by atoms with E-state index in [0.29, 0.717) is 11.3 Å². The molecule has 2 aromatic rings. The Morgan fingerprint density at radius 3 is 2.31 bits per heavy atom. The van der Waals surface area contributed by atoms with Gasteiger partial charge in [-0.25, -0.2) is 4.98 Å². The number of hydrogen-bond acceptors (Lipinski definition) is 5. The second-order valence-electron chi connectivity index (χ2n) is 6.51. The van der Waals surface area contributed by atoms with Gasteiger partial charge in [0.05, 0.1) is 6.04 Å². The van der Waals surface area contributed by atoms with Crippen molar-refractivity contribution in [2.24, 2.45) is 0 Å². The molecule has 0 bridgehead atoms. The first-order chi connectivity index (χ1) is 12.5. The van der Waals surface area contributed by atoms with Crippen LogP contribution in [-0.2, 0) is 4.79 Å². The van der Waals surface area contributed by atoms with Crippen LogP contribution in [0, 0.1) is 0 Å². The predicted octanol–water partition coefficient (Wildman–Crippen LogP) is 2.43. The van der Waals surface area contributed by atoms with Crippen molar-refractivity contribution in [3.63, 3.8) is 0 Å². The van der Waals surface area contributed by atoms with Crippen LogP contribution in [0.1, 0.15) is 24.2 Å². The third-order valence-corrected chi connectivity index (χ3v) is 4.70. The SMILES string of the molecule is CC(=O)Nc1ccc(C(=O)C(C)N2CCN(c3ccccn3)CC2)cc1. The number of hydrogen-bond donors (Lipinski definition) is 1. The number of amides is 1. The van der Waals surface area contributed by atoms with E-state index in [0.717, 1.165) is 32.0 Å². The fraction of sp³-hybridized carbons (Fsp3) is 0.350. The third kappa shape index (κ3) is 4.26. The van der Waals surface area contributed by atoms with Crippen LogP contribution >= 0.6 is 0 Å². The molecule has 1 aliphatic rings. The average molecular weight is 352 g/mol. The van der Waals surface area contributed by atoms with E-state index < -0.39 is 0 Å². The number of rotatable bonds is 5. The summed E-state index contributed by atoms with van der Waals surface area (Å²) < 4.78 is 0. The summed E-state index contributed by atoms with van der Waals surface area (Å²) in [5, 5.41) is 2.71. The summed E-state index contributed by atoms with van der Waals surface area (Å²) in [6.45, 7) is 6.79. The minimum atomic E-state index is -0.174. The number of carbonyl (C=O) groups is 2. The first kappa shape index (κ1) is 18.1. The molecule has 0 saturated carbocycles. The van der Waals surface area contributed by atoms with Gasteiger partial charge < -0.3 is 10.2 Å². The van der Waals surface area contributed by atoms with Crippen molar-refractivity contribution in [1.82, 2.24) is 9.88 Å². The van der Waals surface area contributed by atoms with Crippen molar-refractivity contribution in [2.75, 3.05) is 36.4 Å². The van der Waals surface area contributed by atoms with Crippen LogP contribution in [0.4, 0.5) is 11.5 Å². The summed E-state index contributed by atoms with van der Waals surface area (Å²) >= 11 is 0. The molecule has 1 N–H and O–H groups in total. The molecule has 1 atom stereocenters. The number of Topliss-reactive ketones (excluding diaryl/α,β-unsaturated/α-hetero) is 1. The topological polar surface area (TPSA) is 65.5 Å². The molecule has 136 valence electrons.